The summed E-state index contributed by atoms with van der Waals surface area (Å²) in [6.45, 7) is 2.74. The molecule has 2 aliphatic rings. The van der Waals surface area contributed by atoms with Crippen molar-refractivity contribution in [2.24, 2.45) is 0 Å². The summed E-state index contributed by atoms with van der Waals surface area (Å²) in [4.78, 5) is 0. The molecule has 1 saturated carbocycles. The Kier molecular flexibility index (Phi) is 3.01. The highest BCUT2D eigenvalue weighted by atomic mass is 15.0. The van der Waals surface area contributed by atoms with E-state index in [9.17, 15) is 0 Å². The lowest BCUT2D eigenvalue weighted by molar-refractivity contribution is -0.751. The van der Waals surface area contributed by atoms with E-state index in [4.69, 9.17) is 0 Å². The van der Waals surface area contributed by atoms with Gasteiger partial charge in [-0.2, -0.15) is 0 Å². The SMILES string of the molecule is C1CCC([NH2+]C2CC[NH2+]CC2)C1. The van der Waals surface area contributed by atoms with E-state index in [-0.39, 0.29) is 0 Å². The van der Waals surface area contributed by atoms with Crippen molar-refractivity contribution in [2.75, 3.05) is 13.1 Å². The largest absolute Gasteiger partial charge is 0.346 e. The summed E-state index contributed by atoms with van der Waals surface area (Å²) < 4.78 is 0. The third-order valence-corrected chi connectivity index (χ3v) is 3.43. The van der Waals surface area contributed by atoms with Crippen LogP contribution in [0.25, 0.3) is 0 Å². The highest BCUT2D eigenvalue weighted by molar-refractivity contribution is 4.66. The topological polar surface area (TPSA) is 33.2 Å². The first-order valence-corrected chi connectivity index (χ1v) is 5.62. The van der Waals surface area contributed by atoms with Crippen LogP contribution < -0.4 is 10.6 Å². The van der Waals surface area contributed by atoms with Crippen LogP contribution in [0.4, 0.5) is 0 Å². The van der Waals surface area contributed by atoms with Gasteiger partial charge in [-0.1, -0.05) is 0 Å². The Morgan fingerprint density at radius 3 is 2.08 bits per heavy atom. The smallest absolute Gasteiger partial charge is 0.0969 e. The normalized spacial score (nSPS) is 28.0. The molecule has 1 saturated heterocycles. The molecule has 12 heavy (non-hydrogen) atoms. The zero-order chi connectivity index (χ0) is 8.23. The van der Waals surface area contributed by atoms with Gasteiger partial charge in [-0.15, -0.1) is 0 Å². The minimum absolute atomic E-state index is 0.970. The highest BCUT2D eigenvalue weighted by Gasteiger charge is 2.24. The predicted molar refractivity (Wildman–Crippen MR) is 48.9 cm³/mol. The fraction of sp³-hybridized carbons (Fsp3) is 1.00. The summed E-state index contributed by atoms with van der Waals surface area (Å²) in [5.74, 6) is 0. The van der Waals surface area contributed by atoms with Crippen molar-refractivity contribution in [1.29, 1.82) is 0 Å². The molecular formula is C10H22N2+2. The van der Waals surface area contributed by atoms with Crippen LogP contribution in [-0.2, 0) is 0 Å². The molecular weight excluding hydrogens is 148 g/mol. The molecule has 2 nitrogen and oxygen atoms in total. The average molecular weight is 170 g/mol. The summed E-state index contributed by atoms with van der Waals surface area (Å²) in [5.41, 5.74) is 0. The molecule has 1 aliphatic carbocycles. The molecule has 0 bridgehead atoms. The Balaban J connectivity index is 1.69. The Labute approximate surface area is 75.1 Å². The van der Waals surface area contributed by atoms with Crippen molar-refractivity contribution in [3.63, 3.8) is 0 Å². The Morgan fingerprint density at radius 2 is 1.42 bits per heavy atom. The van der Waals surface area contributed by atoms with Crippen molar-refractivity contribution in [3.05, 3.63) is 0 Å². The minimum Gasteiger partial charge on any atom is -0.346 e. The van der Waals surface area contributed by atoms with Crippen LogP contribution in [-0.4, -0.2) is 25.2 Å². The van der Waals surface area contributed by atoms with Crippen molar-refractivity contribution in [3.8, 4) is 0 Å². The molecule has 2 heteroatoms. The molecule has 70 valence electrons. The zero-order valence-electron chi connectivity index (χ0n) is 7.97. The Hall–Kier alpha value is -0.0800. The van der Waals surface area contributed by atoms with Crippen LogP contribution in [0.3, 0.4) is 0 Å². The maximum atomic E-state index is 2.68. The number of nitrogens with two attached hydrogens (primary N) is 2. The molecule has 2 rings (SSSR count). The third-order valence-electron chi connectivity index (χ3n) is 3.43. The molecule has 0 radical (unpaired) electrons. The van der Waals surface area contributed by atoms with Gasteiger partial charge in [0.25, 0.3) is 0 Å². The molecule has 0 amide bonds. The third kappa shape index (κ3) is 2.20. The first kappa shape index (κ1) is 8.52. The van der Waals surface area contributed by atoms with Gasteiger partial charge in [0, 0.05) is 12.8 Å². The van der Waals surface area contributed by atoms with Crippen LogP contribution in [0.15, 0.2) is 0 Å². The lowest BCUT2D eigenvalue weighted by atomic mass is 10.1. The van der Waals surface area contributed by atoms with Crippen LogP contribution in [0, 0.1) is 0 Å². The first-order valence-electron chi connectivity index (χ1n) is 5.62. The molecule has 0 atom stereocenters. The van der Waals surface area contributed by atoms with E-state index in [1.807, 2.05) is 0 Å². The van der Waals surface area contributed by atoms with Gasteiger partial charge < -0.3 is 10.6 Å². The van der Waals surface area contributed by atoms with E-state index in [0.717, 1.165) is 12.1 Å². The summed E-state index contributed by atoms with van der Waals surface area (Å²) in [6.07, 6.45) is 8.83. The fourth-order valence-electron chi connectivity index (χ4n) is 2.68. The van der Waals surface area contributed by atoms with Gasteiger partial charge in [-0.25, -0.2) is 0 Å². The van der Waals surface area contributed by atoms with Crippen LogP contribution in [0.5, 0.6) is 0 Å². The Bertz CT molecular complexity index is 124. The van der Waals surface area contributed by atoms with Gasteiger partial charge in [0.1, 0.15) is 0 Å². The zero-order valence-corrected chi connectivity index (χ0v) is 7.97. The number of piperidine rings is 1. The number of quaternary nitrogens is 2. The first-order chi connectivity index (χ1) is 5.95. The molecule has 0 spiro atoms. The highest BCUT2D eigenvalue weighted by Crippen LogP contribution is 2.14. The number of rotatable bonds is 2. The molecule has 0 aromatic heterocycles. The Morgan fingerprint density at radius 1 is 0.833 bits per heavy atom. The van der Waals surface area contributed by atoms with Crippen LogP contribution >= 0.6 is 0 Å². The van der Waals surface area contributed by atoms with E-state index >= 15 is 0 Å². The van der Waals surface area contributed by atoms with Crippen LogP contribution in [0.2, 0.25) is 0 Å². The second-order valence-electron chi connectivity index (χ2n) is 4.44. The van der Waals surface area contributed by atoms with Gasteiger partial charge in [0.15, 0.2) is 0 Å². The fourth-order valence-corrected chi connectivity index (χ4v) is 2.68. The molecule has 0 aromatic rings. The lowest BCUT2D eigenvalue weighted by Gasteiger charge is -2.21. The van der Waals surface area contributed by atoms with E-state index < -0.39 is 0 Å². The number of hydrogen-bond acceptors (Lipinski definition) is 0. The van der Waals surface area contributed by atoms with Gasteiger partial charge in [-0.05, 0) is 25.7 Å². The molecule has 4 N–H and O–H groups in total. The lowest BCUT2D eigenvalue weighted by Crippen LogP contribution is -2.99. The second kappa shape index (κ2) is 4.24. The summed E-state index contributed by atoms with van der Waals surface area (Å²) in [7, 11) is 0. The predicted octanol–water partition coefficient (Wildman–Crippen LogP) is -0.782. The quantitative estimate of drug-likeness (QED) is 0.545. The minimum atomic E-state index is 0.970. The van der Waals surface area contributed by atoms with Crippen LogP contribution in [0.1, 0.15) is 38.5 Å². The van der Waals surface area contributed by atoms with E-state index in [2.05, 4.69) is 10.6 Å². The molecule has 0 aromatic carbocycles. The molecule has 2 fully saturated rings. The summed E-state index contributed by atoms with van der Waals surface area (Å²) >= 11 is 0. The van der Waals surface area contributed by atoms with Gasteiger partial charge in [-0.3, -0.25) is 0 Å². The molecule has 0 unspecified atom stereocenters. The summed E-state index contributed by atoms with van der Waals surface area (Å²) in [6, 6.07) is 1.96. The van der Waals surface area contributed by atoms with Gasteiger partial charge in [0.2, 0.25) is 0 Å². The van der Waals surface area contributed by atoms with E-state index in [1.54, 1.807) is 0 Å². The standard InChI is InChI=1S/C10H20N2/c1-2-4-9(3-1)12-10-5-7-11-8-6-10/h9-12H,1-8H2/p+2. The molecule has 1 heterocycles. The van der Waals surface area contributed by atoms with Crippen molar-refractivity contribution < 1.29 is 10.6 Å². The van der Waals surface area contributed by atoms with Crippen molar-refractivity contribution in [2.45, 2.75) is 50.6 Å². The maximum Gasteiger partial charge on any atom is 0.0969 e. The monoisotopic (exact) mass is 170 g/mol. The van der Waals surface area contributed by atoms with Crippen molar-refractivity contribution >= 4 is 0 Å². The van der Waals surface area contributed by atoms with Crippen molar-refractivity contribution in [1.82, 2.24) is 0 Å². The molecule has 1 aliphatic heterocycles. The maximum absolute atomic E-state index is 2.68. The van der Waals surface area contributed by atoms with Gasteiger partial charge in [0.05, 0.1) is 25.2 Å². The second-order valence-corrected chi connectivity index (χ2v) is 4.44. The number of hydrogen-bond donors (Lipinski definition) is 2. The van der Waals surface area contributed by atoms with E-state index in [1.165, 1.54) is 51.6 Å². The van der Waals surface area contributed by atoms with E-state index in [0.29, 0.717) is 0 Å². The van der Waals surface area contributed by atoms with Gasteiger partial charge >= 0.3 is 0 Å². The summed E-state index contributed by atoms with van der Waals surface area (Å²) in [5, 5.41) is 5.14. The average Bonchev–Trinajstić information content (AvgIpc) is 2.59.